The van der Waals surface area contributed by atoms with Crippen LogP contribution in [0, 0.1) is 11.8 Å². The number of carboxylic acids is 1. The number of aliphatic carboxylic acids is 1. The van der Waals surface area contributed by atoms with Crippen molar-refractivity contribution in [2.75, 3.05) is 13.2 Å². The van der Waals surface area contributed by atoms with Gasteiger partial charge >= 0.3 is 5.97 Å². The third kappa shape index (κ3) is 6.62. The average Bonchev–Trinajstić information content (AvgIpc) is 2.41. The van der Waals surface area contributed by atoms with E-state index in [2.05, 4.69) is 21.2 Å². The summed E-state index contributed by atoms with van der Waals surface area (Å²) < 4.78 is 6.13. The molecular formula is C15H20BrNO4. The summed E-state index contributed by atoms with van der Waals surface area (Å²) in [4.78, 5) is 22.8. The van der Waals surface area contributed by atoms with Crippen molar-refractivity contribution in [3.05, 3.63) is 28.7 Å². The molecule has 1 rings (SSSR count). The molecule has 0 spiro atoms. The smallest absolute Gasteiger partial charge is 0.308 e. The Bertz CT molecular complexity index is 490. The van der Waals surface area contributed by atoms with E-state index in [1.807, 2.05) is 26.0 Å². The monoisotopic (exact) mass is 357 g/mol. The van der Waals surface area contributed by atoms with Crippen LogP contribution in [-0.4, -0.2) is 30.1 Å². The van der Waals surface area contributed by atoms with E-state index in [-0.39, 0.29) is 25.0 Å². The van der Waals surface area contributed by atoms with Gasteiger partial charge in [0.05, 0.1) is 10.4 Å². The Labute approximate surface area is 132 Å². The Morgan fingerprint density at radius 1 is 1.33 bits per heavy atom. The normalized spacial score (nSPS) is 12.0. The molecule has 0 aliphatic heterocycles. The zero-order chi connectivity index (χ0) is 15.8. The summed E-state index contributed by atoms with van der Waals surface area (Å²) in [5, 5.41) is 11.7. The van der Waals surface area contributed by atoms with Crippen molar-refractivity contribution in [3.8, 4) is 5.75 Å². The zero-order valence-corrected chi connectivity index (χ0v) is 13.7. The highest BCUT2D eigenvalue weighted by atomic mass is 79.9. The highest BCUT2D eigenvalue weighted by Gasteiger charge is 2.19. The molecule has 0 aliphatic carbocycles. The first-order chi connectivity index (χ1) is 9.90. The van der Waals surface area contributed by atoms with Crippen LogP contribution in [0.4, 0.5) is 0 Å². The van der Waals surface area contributed by atoms with E-state index in [0.29, 0.717) is 12.2 Å². The molecule has 2 N–H and O–H groups in total. The van der Waals surface area contributed by atoms with Crippen LogP contribution in [0.2, 0.25) is 0 Å². The van der Waals surface area contributed by atoms with Crippen LogP contribution in [0.1, 0.15) is 20.3 Å². The number of benzene rings is 1. The Kier molecular flexibility index (Phi) is 7.22. The number of ether oxygens (including phenoxy) is 1. The summed E-state index contributed by atoms with van der Waals surface area (Å²) in [5.41, 5.74) is 0. The number of para-hydroxylation sites is 1. The number of rotatable bonds is 8. The molecule has 0 bridgehead atoms. The van der Waals surface area contributed by atoms with E-state index in [1.165, 1.54) is 0 Å². The van der Waals surface area contributed by atoms with Gasteiger partial charge in [0.2, 0.25) is 0 Å². The molecular weight excluding hydrogens is 338 g/mol. The molecule has 1 unspecified atom stereocenters. The number of amides is 1. The maximum atomic E-state index is 11.7. The third-order valence-corrected chi connectivity index (χ3v) is 3.50. The van der Waals surface area contributed by atoms with E-state index >= 15 is 0 Å². The fourth-order valence-corrected chi connectivity index (χ4v) is 2.23. The fraction of sp³-hybridized carbons (Fsp3) is 0.467. The lowest BCUT2D eigenvalue weighted by atomic mass is 9.97. The van der Waals surface area contributed by atoms with Gasteiger partial charge in [-0.3, -0.25) is 9.59 Å². The van der Waals surface area contributed by atoms with Gasteiger partial charge in [0.25, 0.3) is 5.91 Å². The first-order valence-corrected chi connectivity index (χ1v) is 7.56. The highest BCUT2D eigenvalue weighted by molar-refractivity contribution is 9.10. The lowest BCUT2D eigenvalue weighted by Gasteiger charge is -2.15. The largest absolute Gasteiger partial charge is 0.483 e. The lowest BCUT2D eigenvalue weighted by molar-refractivity contribution is -0.142. The number of halogens is 1. The lowest BCUT2D eigenvalue weighted by Crippen LogP contribution is -2.36. The number of nitrogens with one attached hydrogen (secondary N) is 1. The Hall–Kier alpha value is -1.56. The Balaban J connectivity index is 2.39. The molecule has 1 atom stereocenters. The van der Waals surface area contributed by atoms with Gasteiger partial charge in [-0.05, 0) is 40.4 Å². The summed E-state index contributed by atoms with van der Waals surface area (Å²) in [6.45, 7) is 3.88. The van der Waals surface area contributed by atoms with Crippen LogP contribution in [0.15, 0.2) is 28.7 Å². The predicted octanol–water partition coefficient (Wildman–Crippen LogP) is 2.69. The molecule has 0 aromatic heterocycles. The van der Waals surface area contributed by atoms with E-state index in [0.717, 1.165) is 4.47 Å². The maximum absolute atomic E-state index is 11.7. The van der Waals surface area contributed by atoms with E-state index in [1.54, 1.807) is 12.1 Å². The molecule has 0 fully saturated rings. The first-order valence-electron chi connectivity index (χ1n) is 6.77. The van der Waals surface area contributed by atoms with Crippen molar-refractivity contribution < 1.29 is 19.4 Å². The standard InChI is InChI=1S/C15H20BrNO4/c1-10(2)7-11(15(19)20)8-17-14(18)9-21-13-6-4-3-5-12(13)16/h3-6,10-11H,7-9H2,1-2H3,(H,17,18)(H,19,20). The topological polar surface area (TPSA) is 75.6 Å². The van der Waals surface area contributed by atoms with E-state index in [4.69, 9.17) is 9.84 Å². The van der Waals surface area contributed by atoms with Gasteiger partial charge in [0.1, 0.15) is 5.75 Å². The molecule has 116 valence electrons. The second-order valence-corrected chi connectivity index (χ2v) is 6.04. The number of carbonyl (C=O) groups is 2. The number of carboxylic acid groups (broad SMARTS) is 1. The summed E-state index contributed by atoms with van der Waals surface area (Å²) in [6, 6.07) is 7.22. The fourth-order valence-electron chi connectivity index (χ4n) is 1.83. The van der Waals surface area contributed by atoms with Gasteiger partial charge in [-0.2, -0.15) is 0 Å². The van der Waals surface area contributed by atoms with Gasteiger partial charge in [-0.1, -0.05) is 26.0 Å². The summed E-state index contributed by atoms with van der Waals surface area (Å²) in [6.07, 6.45) is 0.528. The molecule has 0 saturated carbocycles. The van der Waals surface area contributed by atoms with Crippen molar-refractivity contribution in [2.45, 2.75) is 20.3 Å². The summed E-state index contributed by atoms with van der Waals surface area (Å²) in [7, 11) is 0. The minimum Gasteiger partial charge on any atom is -0.483 e. The van der Waals surface area contributed by atoms with Crippen molar-refractivity contribution in [3.63, 3.8) is 0 Å². The molecule has 1 aromatic rings. The van der Waals surface area contributed by atoms with Crippen molar-refractivity contribution in [1.82, 2.24) is 5.32 Å². The van der Waals surface area contributed by atoms with Crippen LogP contribution in [-0.2, 0) is 9.59 Å². The van der Waals surface area contributed by atoms with Crippen molar-refractivity contribution >= 4 is 27.8 Å². The van der Waals surface area contributed by atoms with Crippen LogP contribution in [0.3, 0.4) is 0 Å². The minimum atomic E-state index is -0.893. The van der Waals surface area contributed by atoms with Crippen LogP contribution in [0.25, 0.3) is 0 Å². The van der Waals surface area contributed by atoms with Gasteiger partial charge in [0.15, 0.2) is 6.61 Å². The maximum Gasteiger partial charge on any atom is 0.308 e. The Morgan fingerprint density at radius 2 is 2.00 bits per heavy atom. The average molecular weight is 358 g/mol. The quantitative estimate of drug-likeness (QED) is 0.749. The second kappa shape index (κ2) is 8.67. The highest BCUT2D eigenvalue weighted by Crippen LogP contribution is 2.23. The van der Waals surface area contributed by atoms with Gasteiger partial charge < -0.3 is 15.2 Å². The molecule has 0 saturated heterocycles. The Morgan fingerprint density at radius 3 is 2.57 bits per heavy atom. The molecule has 21 heavy (non-hydrogen) atoms. The molecule has 6 heteroatoms. The van der Waals surface area contributed by atoms with Gasteiger partial charge in [-0.25, -0.2) is 0 Å². The van der Waals surface area contributed by atoms with Crippen molar-refractivity contribution in [2.24, 2.45) is 11.8 Å². The van der Waals surface area contributed by atoms with Crippen LogP contribution in [0.5, 0.6) is 5.75 Å². The second-order valence-electron chi connectivity index (χ2n) is 5.19. The molecule has 0 radical (unpaired) electrons. The molecule has 0 aliphatic rings. The van der Waals surface area contributed by atoms with Crippen LogP contribution >= 0.6 is 15.9 Å². The SMILES string of the molecule is CC(C)CC(CNC(=O)COc1ccccc1Br)C(=O)O. The van der Waals surface area contributed by atoms with Gasteiger partial charge in [0, 0.05) is 6.54 Å². The number of hydrogen-bond donors (Lipinski definition) is 2. The van der Waals surface area contributed by atoms with Crippen LogP contribution < -0.4 is 10.1 Å². The minimum absolute atomic E-state index is 0.117. The van der Waals surface area contributed by atoms with E-state index in [9.17, 15) is 9.59 Å². The first kappa shape index (κ1) is 17.5. The number of hydrogen-bond acceptors (Lipinski definition) is 3. The molecule has 5 nitrogen and oxygen atoms in total. The summed E-state index contributed by atoms with van der Waals surface area (Å²) in [5.74, 6) is -0.960. The predicted molar refractivity (Wildman–Crippen MR) is 83.2 cm³/mol. The summed E-state index contributed by atoms with van der Waals surface area (Å²) >= 11 is 3.32. The van der Waals surface area contributed by atoms with Gasteiger partial charge in [-0.15, -0.1) is 0 Å². The molecule has 1 aromatic carbocycles. The van der Waals surface area contributed by atoms with E-state index < -0.39 is 11.9 Å². The molecule has 0 heterocycles. The number of carbonyl (C=O) groups excluding carboxylic acids is 1. The third-order valence-electron chi connectivity index (χ3n) is 2.85. The molecule has 1 amide bonds. The zero-order valence-electron chi connectivity index (χ0n) is 12.1. The van der Waals surface area contributed by atoms with Crippen molar-refractivity contribution in [1.29, 1.82) is 0 Å².